The fourth-order valence-corrected chi connectivity index (χ4v) is 1.26. The summed E-state index contributed by atoms with van der Waals surface area (Å²) in [6, 6.07) is 2.81. The Morgan fingerprint density at radius 2 is 2.25 bits per heavy atom. The van der Waals surface area contributed by atoms with Crippen molar-refractivity contribution in [1.82, 2.24) is 9.38 Å². The van der Waals surface area contributed by atoms with E-state index in [9.17, 15) is 14.9 Å². The summed E-state index contributed by atoms with van der Waals surface area (Å²) in [5.74, 6) is -0.370. The maximum atomic E-state index is 10.7. The third-order valence-electron chi connectivity index (χ3n) is 1.87. The molecule has 0 amide bonds. The number of hydrogen-bond donors (Lipinski definition) is 0. The van der Waals surface area contributed by atoms with E-state index in [1.807, 2.05) is 0 Å². The van der Waals surface area contributed by atoms with Gasteiger partial charge in [0.05, 0.1) is 17.3 Å². The number of ether oxygens (including phenoxy) is 1. The molecule has 0 aromatic carbocycles. The fraction of sp³-hybridized carbons (Fsp3) is 0.111. The number of imidazole rings is 1. The summed E-state index contributed by atoms with van der Waals surface area (Å²) >= 11 is 0. The van der Waals surface area contributed by atoms with Crippen LogP contribution in [0.3, 0.4) is 0 Å². The van der Waals surface area contributed by atoms with Gasteiger partial charge >= 0.3 is 5.97 Å². The maximum absolute atomic E-state index is 10.7. The minimum atomic E-state index is -0.509. The smallest absolute Gasteiger partial charge is 0.309 e. The van der Waals surface area contributed by atoms with Crippen molar-refractivity contribution in [3.8, 4) is 5.88 Å². The fourth-order valence-electron chi connectivity index (χ4n) is 1.26. The van der Waals surface area contributed by atoms with Crippen molar-refractivity contribution in [2.24, 2.45) is 0 Å². The monoisotopic (exact) mass is 221 g/mol. The number of esters is 1. The van der Waals surface area contributed by atoms with Crippen LogP contribution in [0.1, 0.15) is 6.92 Å². The van der Waals surface area contributed by atoms with Crippen LogP contribution >= 0.6 is 0 Å². The largest absolute Gasteiger partial charge is 0.406 e. The molecule has 0 N–H and O–H groups in total. The van der Waals surface area contributed by atoms with Crippen molar-refractivity contribution in [2.45, 2.75) is 6.92 Å². The number of nitro groups is 1. The van der Waals surface area contributed by atoms with Crippen molar-refractivity contribution in [1.29, 1.82) is 0 Å². The van der Waals surface area contributed by atoms with E-state index in [0.29, 0.717) is 5.65 Å². The van der Waals surface area contributed by atoms with E-state index in [-0.39, 0.29) is 11.6 Å². The van der Waals surface area contributed by atoms with Gasteiger partial charge in [0, 0.05) is 13.0 Å². The number of aromatic nitrogens is 2. The van der Waals surface area contributed by atoms with Crippen molar-refractivity contribution < 1.29 is 14.5 Å². The second kappa shape index (κ2) is 3.61. The lowest BCUT2D eigenvalue weighted by atomic mass is 10.4. The molecule has 0 saturated carbocycles. The highest BCUT2D eigenvalue weighted by atomic mass is 16.6. The highest BCUT2D eigenvalue weighted by Gasteiger charge is 2.09. The zero-order valence-corrected chi connectivity index (χ0v) is 8.28. The quantitative estimate of drug-likeness (QED) is 0.431. The van der Waals surface area contributed by atoms with Gasteiger partial charge in [0.1, 0.15) is 5.65 Å². The minimum Gasteiger partial charge on any atom is -0.406 e. The van der Waals surface area contributed by atoms with E-state index in [0.717, 1.165) is 0 Å². The molecule has 0 aliphatic heterocycles. The summed E-state index contributed by atoms with van der Waals surface area (Å²) in [4.78, 5) is 24.6. The average molecular weight is 221 g/mol. The SMILES string of the molecule is CC(=O)Oc1cn2cc([N+](=O)[O-])ccc2n1. The number of nitrogens with zero attached hydrogens (tertiary/aromatic N) is 3. The Balaban J connectivity index is 2.45. The third-order valence-corrected chi connectivity index (χ3v) is 1.87. The number of rotatable bonds is 2. The van der Waals surface area contributed by atoms with Gasteiger partial charge in [-0.25, -0.2) is 0 Å². The predicted octanol–water partition coefficient (Wildman–Crippen LogP) is 1.17. The van der Waals surface area contributed by atoms with Crippen LogP contribution in [-0.2, 0) is 4.79 Å². The van der Waals surface area contributed by atoms with Gasteiger partial charge in [0.25, 0.3) is 5.69 Å². The van der Waals surface area contributed by atoms with Gasteiger partial charge in [-0.1, -0.05) is 0 Å². The van der Waals surface area contributed by atoms with Crippen molar-refractivity contribution in [2.75, 3.05) is 0 Å². The second-order valence-corrected chi connectivity index (χ2v) is 3.08. The Bertz CT molecular complexity index is 575. The van der Waals surface area contributed by atoms with Crippen molar-refractivity contribution in [3.63, 3.8) is 0 Å². The molecule has 7 heteroatoms. The molecule has 0 spiro atoms. The van der Waals surface area contributed by atoms with Crippen molar-refractivity contribution in [3.05, 3.63) is 34.6 Å². The molecule has 0 saturated heterocycles. The molecule has 0 aliphatic carbocycles. The highest BCUT2D eigenvalue weighted by Crippen LogP contribution is 2.16. The topological polar surface area (TPSA) is 86.7 Å². The molecule has 0 radical (unpaired) electrons. The standard InChI is InChI=1S/C9H7N3O4/c1-6(13)16-9-5-11-4-7(12(14)15)2-3-8(11)10-9/h2-5H,1H3. The Labute approximate surface area is 89.4 Å². The van der Waals surface area contributed by atoms with E-state index >= 15 is 0 Å². The molecule has 7 nitrogen and oxygen atoms in total. The molecule has 2 aromatic heterocycles. The highest BCUT2D eigenvalue weighted by molar-refractivity contribution is 5.69. The van der Waals surface area contributed by atoms with Gasteiger partial charge in [0.2, 0.25) is 5.88 Å². The van der Waals surface area contributed by atoms with Crippen LogP contribution < -0.4 is 4.74 Å². The van der Waals surface area contributed by atoms with E-state index in [1.54, 1.807) is 0 Å². The summed E-state index contributed by atoms with van der Waals surface area (Å²) in [6.45, 7) is 1.26. The van der Waals surface area contributed by atoms with E-state index in [2.05, 4.69) is 4.98 Å². The summed E-state index contributed by atoms with van der Waals surface area (Å²) in [5, 5.41) is 10.5. The summed E-state index contributed by atoms with van der Waals surface area (Å²) < 4.78 is 6.19. The van der Waals surface area contributed by atoms with Crippen LogP contribution in [0, 0.1) is 10.1 Å². The molecule has 16 heavy (non-hydrogen) atoms. The lowest BCUT2D eigenvalue weighted by Crippen LogP contribution is -2.00. The van der Waals surface area contributed by atoms with Gasteiger partial charge in [0.15, 0.2) is 0 Å². The van der Waals surface area contributed by atoms with Crippen LogP contribution in [-0.4, -0.2) is 20.3 Å². The number of carbonyl (C=O) groups excluding carboxylic acids is 1. The first kappa shape index (κ1) is 10.1. The molecule has 0 unspecified atom stereocenters. The predicted molar refractivity (Wildman–Crippen MR) is 53.2 cm³/mol. The molecule has 82 valence electrons. The second-order valence-electron chi connectivity index (χ2n) is 3.08. The zero-order valence-electron chi connectivity index (χ0n) is 8.28. The van der Waals surface area contributed by atoms with Gasteiger partial charge in [-0.05, 0) is 6.07 Å². The molecule has 2 aromatic rings. The van der Waals surface area contributed by atoms with Crippen LogP contribution in [0.15, 0.2) is 24.5 Å². The van der Waals surface area contributed by atoms with Gasteiger partial charge < -0.3 is 4.74 Å². The summed E-state index contributed by atoms with van der Waals surface area (Å²) in [6.07, 6.45) is 2.71. The average Bonchev–Trinajstić information content (AvgIpc) is 2.56. The van der Waals surface area contributed by atoms with Crippen LogP contribution in [0.25, 0.3) is 5.65 Å². The van der Waals surface area contributed by atoms with Crippen LogP contribution in [0.4, 0.5) is 5.69 Å². The molecule has 0 aliphatic rings. The first-order chi connectivity index (χ1) is 7.56. The maximum Gasteiger partial charge on any atom is 0.309 e. The normalized spacial score (nSPS) is 10.3. The molecule has 2 heterocycles. The summed E-state index contributed by atoms with van der Waals surface area (Å²) in [7, 11) is 0. The number of carbonyl (C=O) groups is 1. The van der Waals surface area contributed by atoms with E-state index in [4.69, 9.17) is 4.74 Å². The Hall–Kier alpha value is -2.44. The molecule has 0 fully saturated rings. The van der Waals surface area contributed by atoms with E-state index in [1.165, 1.54) is 35.9 Å². The molecule has 2 rings (SSSR count). The molecule has 0 bridgehead atoms. The first-order valence-corrected chi connectivity index (χ1v) is 4.38. The van der Waals surface area contributed by atoms with Crippen molar-refractivity contribution >= 4 is 17.3 Å². The van der Waals surface area contributed by atoms with Gasteiger partial charge in [-0.15, -0.1) is 0 Å². The number of fused-ring (bicyclic) bond motifs is 1. The minimum absolute atomic E-state index is 0.0562. The number of hydrogen-bond acceptors (Lipinski definition) is 5. The Morgan fingerprint density at radius 1 is 1.50 bits per heavy atom. The Morgan fingerprint density at radius 3 is 2.88 bits per heavy atom. The molecular weight excluding hydrogens is 214 g/mol. The van der Waals surface area contributed by atoms with Crippen LogP contribution in [0.5, 0.6) is 5.88 Å². The third kappa shape index (κ3) is 1.83. The molecule has 0 atom stereocenters. The lowest BCUT2D eigenvalue weighted by molar-refractivity contribution is -0.385. The first-order valence-electron chi connectivity index (χ1n) is 4.38. The van der Waals surface area contributed by atoms with Gasteiger partial charge in [-0.3, -0.25) is 19.3 Å². The lowest BCUT2D eigenvalue weighted by Gasteiger charge is -1.92. The van der Waals surface area contributed by atoms with E-state index < -0.39 is 10.9 Å². The molecular formula is C9H7N3O4. The number of pyridine rings is 1. The zero-order chi connectivity index (χ0) is 11.7. The van der Waals surface area contributed by atoms with Gasteiger partial charge in [-0.2, -0.15) is 4.98 Å². The van der Waals surface area contributed by atoms with Crippen LogP contribution in [0.2, 0.25) is 0 Å². The summed E-state index contributed by atoms with van der Waals surface area (Å²) in [5.41, 5.74) is 0.418. The Kier molecular flexibility index (Phi) is 2.28.